The number of carboxylic acids is 1. The number of carbonyl (C=O) groups is 2. The lowest BCUT2D eigenvalue weighted by Gasteiger charge is -2.33. The van der Waals surface area contributed by atoms with Crippen molar-refractivity contribution in [3.05, 3.63) is 77.7 Å². The van der Waals surface area contributed by atoms with Gasteiger partial charge in [0, 0.05) is 24.0 Å². The molecule has 0 radical (unpaired) electrons. The van der Waals surface area contributed by atoms with E-state index >= 15 is 0 Å². The van der Waals surface area contributed by atoms with E-state index in [1.165, 1.54) is 0 Å². The van der Waals surface area contributed by atoms with Crippen LogP contribution in [-0.4, -0.2) is 47.8 Å². The summed E-state index contributed by atoms with van der Waals surface area (Å²) in [6.45, 7) is 4.25. The summed E-state index contributed by atoms with van der Waals surface area (Å²) in [4.78, 5) is 30.9. The Morgan fingerprint density at radius 3 is 2.70 bits per heavy atom. The molecule has 192 valence electrons. The molecular formula is C29H31N3O5. The van der Waals surface area contributed by atoms with Crippen molar-refractivity contribution in [3.63, 3.8) is 0 Å². The highest BCUT2D eigenvalue weighted by atomic mass is 16.5. The summed E-state index contributed by atoms with van der Waals surface area (Å²) in [5, 5.41) is 13.1. The fraction of sp³-hybridized carbons (Fsp3) is 0.345. The monoisotopic (exact) mass is 501 g/mol. The standard InChI is InChI=1S/C29H31N3O5/c1-19-24-8-4-5-9-25(24)37-27(19)28(33)31-22-10-11-26(30-17-22)32-14-12-20(13-15-32)18-36-23-7-3-2-6-21(16-23)29(34)35/h2,4-6,8-11,16-17,20,23H,3,7,12-15,18H2,1H3,(H,31,33)(H,34,35). The second-order valence-corrected chi connectivity index (χ2v) is 9.62. The van der Waals surface area contributed by atoms with Gasteiger partial charge in [0.1, 0.15) is 11.4 Å². The summed E-state index contributed by atoms with van der Waals surface area (Å²) in [5.41, 5.74) is 2.43. The second-order valence-electron chi connectivity index (χ2n) is 9.62. The number of amides is 1. The number of benzene rings is 1. The Balaban J connectivity index is 1.12. The van der Waals surface area contributed by atoms with Gasteiger partial charge in [0.15, 0.2) is 5.76 Å². The molecule has 1 amide bonds. The normalized spacial score (nSPS) is 18.5. The van der Waals surface area contributed by atoms with Crippen molar-refractivity contribution in [2.45, 2.75) is 38.7 Å². The second kappa shape index (κ2) is 11.0. The molecule has 1 aromatic carbocycles. The Labute approximate surface area is 215 Å². The molecule has 0 bridgehead atoms. The van der Waals surface area contributed by atoms with Crippen LogP contribution >= 0.6 is 0 Å². The van der Waals surface area contributed by atoms with Gasteiger partial charge in [0.2, 0.25) is 0 Å². The number of carbonyl (C=O) groups excluding carboxylic acids is 1. The zero-order valence-corrected chi connectivity index (χ0v) is 20.9. The van der Waals surface area contributed by atoms with Crippen LogP contribution in [0, 0.1) is 12.8 Å². The van der Waals surface area contributed by atoms with Gasteiger partial charge in [-0.3, -0.25) is 4.79 Å². The molecule has 5 rings (SSSR count). The molecule has 8 nitrogen and oxygen atoms in total. The van der Waals surface area contributed by atoms with Gasteiger partial charge in [-0.15, -0.1) is 0 Å². The Morgan fingerprint density at radius 2 is 1.97 bits per heavy atom. The van der Waals surface area contributed by atoms with Crippen molar-refractivity contribution in [2.75, 3.05) is 29.9 Å². The number of fused-ring (bicyclic) bond motifs is 1. The van der Waals surface area contributed by atoms with Gasteiger partial charge in [-0.1, -0.05) is 30.4 Å². The predicted octanol–water partition coefficient (Wildman–Crippen LogP) is 5.35. The Kier molecular flexibility index (Phi) is 7.37. The highest BCUT2D eigenvalue weighted by Crippen LogP contribution is 2.27. The maximum Gasteiger partial charge on any atom is 0.335 e. The van der Waals surface area contributed by atoms with Crippen molar-refractivity contribution >= 4 is 34.4 Å². The van der Waals surface area contributed by atoms with E-state index in [0.717, 1.165) is 55.5 Å². The Morgan fingerprint density at radius 1 is 1.16 bits per heavy atom. The number of nitrogens with zero attached hydrogens (tertiary/aromatic N) is 2. The minimum atomic E-state index is -0.914. The van der Waals surface area contributed by atoms with E-state index in [2.05, 4.69) is 15.2 Å². The van der Waals surface area contributed by atoms with E-state index in [4.69, 9.17) is 9.15 Å². The van der Waals surface area contributed by atoms with Gasteiger partial charge in [0.25, 0.3) is 5.91 Å². The number of carboxylic acid groups (broad SMARTS) is 1. The zero-order chi connectivity index (χ0) is 25.8. The Bertz CT molecular complexity index is 1330. The molecule has 3 aromatic rings. The van der Waals surface area contributed by atoms with E-state index in [1.54, 1.807) is 18.3 Å². The Hall–Kier alpha value is -3.91. The number of aliphatic carboxylic acids is 1. The van der Waals surface area contributed by atoms with Crippen molar-refractivity contribution in [3.8, 4) is 0 Å². The number of nitrogens with one attached hydrogen (secondary N) is 1. The van der Waals surface area contributed by atoms with E-state index in [1.807, 2.05) is 49.4 Å². The number of furan rings is 1. The van der Waals surface area contributed by atoms with Crippen LogP contribution < -0.4 is 10.2 Å². The number of allylic oxidation sites excluding steroid dienone is 1. The fourth-order valence-corrected chi connectivity index (χ4v) is 4.90. The van der Waals surface area contributed by atoms with Gasteiger partial charge in [-0.2, -0.15) is 0 Å². The van der Waals surface area contributed by atoms with Crippen molar-refractivity contribution < 1.29 is 23.8 Å². The average Bonchev–Trinajstić information content (AvgIpc) is 3.08. The summed E-state index contributed by atoms with van der Waals surface area (Å²) in [6.07, 6.45) is 10.4. The molecule has 1 aliphatic carbocycles. The van der Waals surface area contributed by atoms with Crippen LogP contribution in [0.4, 0.5) is 11.5 Å². The van der Waals surface area contributed by atoms with Crippen LogP contribution in [0.1, 0.15) is 41.8 Å². The third-order valence-electron chi connectivity index (χ3n) is 7.07. The van der Waals surface area contributed by atoms with Gasteiger partial charge in [-0.25, -0.2) is 9.78 Å². The first kappa shape index (κ1) is 24.8. The molecule has 2 aliphatic rings. The molecule has 37 heavy (non-hydrogen) atoms. The first-order chi connectivity index (χ1) is 18.0. The number of rotatable bonds is 7. The van der Waals surface area contributed by atoms with Gasteiger partial charge >= 0.3 is 5.97 Å². The van der Waals surface area contributed by atoms with Crippen molar-refractivity contribution in [2.24, 2.45) is 5.92 Å². The van der Waals surface area contributed by atoms with Crippen LogP contribution in [0.3, 0.4) is 0 Å². The lowest BCUT2D eigenvalue weighted by Crippen LogP contribution is -2.36. The zero-order valence-electron chi connectivity index (χ0n) is 20.9. The van der Waals surface area contributed by atoms with Crippen LogP contribution in [0.2, 0.25) is 0 Å². The summed E-state index contributed by atoms with van der Waals surface area (Å²) >= 11 is 0. The number of pyridine rings is 1. The summed E-state index contributed by atoms with van der Waals surface area (Å²) in [6, 6.07) is 11.4. The molecule has 0 spiro atoms. The molecule has 1 unspecified atom stereocenters. The topological polar surface area (TPSA) is 105 Å². The highest BCUT2D eigenvalue weighted by Gasteiger charge is 2.23. The summed E-state index contributed by atoms with van der Waals surface area (Å²) in [5.74, 6) is 0.409. The maximum atomic E-state index is 12.8. The predicted molar refractivity (Wildman–Crippen MR) is 142 cm³/mol. The molecule has 3 heterocycles. The van der Waals surface area contributed by atoms with E-state index in [9.17, 15) is 14.7 Å². The number of ether oxygens (including phenoxy) is 1. The molecule has 1 aliphatic heterocycles. The molecule has 8 heteroatoms. The summed E-state index contributed by atoms with van der Waals surface area (Å²) in [7, 11) is 0. The van der Waals surface area contributed by atoms with Crippen molar-refractivity contribution in [1.29, 1.82) is 0 Å². The number of anilines is 2. The van der Waals surface area contributed by atoms with Gasteiger partial charge < -0.3 is 24.5 Å². The van der Waals surface area contributed by atoms with Gasteiger partial charge in [-0.05, 0) is 62.8 Å². The third kappa shape index (κ3) is 5.75. The number of hydrogen-bond acceptors (Lipinski definition) is 6. The first-order valence-corrected chi connectivity index (χ1v) is 12.7. The van der Waals surface area contributed by atoms with E-state index in [-0.39, 0.29) is 12.0 Å². The number of hydrogen-bond donors (Lipinski definition) is 2. The molecular weight excluding hydrogens is 470 g/mol. The molecule has 1 fully saturated rings. The van der Waals surface area contributed by atoms with Crippen LogP contribution in [0.5, 0.6) is 0 Å². The van der Waals surface area contributed by atoms with Crippen LogP contribution in [0.25, 0.3) is 11.0 Å². The lowest BCUT2D eigenvalue weighted by atomic mass is 9.97. The molecule has 1 atom stereocenters. The number of aromatic nitrogens is 1. The molecule has 0 saturated carbocycles. The van der Waals surface area contributed by atoms with Gasteiger partial charge in [0.05, 0.1) is 30.2 Å². The SMILES string of the molecule is Cc1c(C(=O)Nc2ccc(N3CCC(COC4C=C(C(=O)O)C=CCC4)CC3)nc2)oc2ccccc12. The average molecular weight is 502 g/mol. The number of aryl methyl sites for hydroxylation is 1. The minimum Gasteiger partial charge on any atom is -0.478 e. The maximum absolute atomic E-state index is 12.8. The third-order valence-corrected chi connectivity index (χ3v) is 7.07. The lowest BCUT2D eigenvalue weighted by molar-refractivity contribution is -0.132. The molecule has 2 aromatic heterocycles. The summed E-state index contributed by atoms with van der Waals surface area (Å²) < 4.78 is 11.8. The van der Waals surface area contributed by atoms with E-state index in [0.29, 0.717) is 35.1 Å². The molecule has 1 saturated heterocycles. The van der Waals surface area contributed by atoms with Crippen molar-refractivity contribution in [1.82, 2.24) is 4.98 Å². The highest BCUT2D eigenvalue weighted by molar-refractivity contribution is 6.06. The van der Waals surface area contributed by atoms with Crippen LogP contribution in [0.15, 0.2) is 70.8 Å². The molecule has 2 N–H and O–H groups in total. The fourth-order valence-electron chi connectivity index (χ4n) is 4.90. The van der Waals surface area contributed by atoms with Crippen LogP contribution in [-0.2, 0) is 9.53 Å². The quantitative estimate of drug-likeness (QED) is 0.450. The largest absolute Gasteiger partial charge is 0.478 e. The smallest absolute Gasteiger partial charge is 0.335 e. The minimum absolute atomic E-state index is 0.160. The number of para-hydroxylation sites is 1. The van der Waals surface area contributed by atoms with E-state index < -0.39 is 5.97 Å². The number of piperidine rings is 1. The first-order valence-electron chi connectivity index (χ1n) is 12.7.